The first-order valence-corrected chi connectivity index (χ1v) is 9.34. The van der Waals surface area contributed by atoms with E-state index in [4.69, 9.17) is 0 Å². The Balaban J connectivity index is 1.75. The summed E-state index contributed by atoms with van der Waals surface area (Å²) in [4.78, 5) is 28.4. The highest BCUT2D eigenvalue weighted by molar-refractivity contribution is 7.99. The van der Waals surface area contributed by atoms with E-state index in [1.807, 2.05) is 30.3 Å². The predicted molar refractivity (Wildman–Crippen MR) is 99.8 cm³/mol. The van der Waals surface area contributed by atoms with Crippen molar-refractivity contribution in [2.24, 2.45) is 12.0 Å². The molecule has 3 rings (SSSR count). The second-order valence-corrected chi connectivity index (χ2v) is 7.45. The lowest BCUT2D eigenvalue weighted by Crippen LogP contribution is -2.13. The molecule has 128 valence electrons. The molecule has 0 aliphatic heterocycles. The minimum Gasteiger partial charge on any atom is -0.319 e. The van der Waals surface area contributed by atoms with Crippen LogP contribution in [0.4, 0.5) is 5.69 Å². The molecule has 0 aliphatic rings. The van der Waals surface area contributed by atoms with Gasteiger partial charge in [-0.1, -0.05) is 29.5 Å². The summed E-state index contributed by atoms with van der Waals surface area (Å²) < 4.78 is 2.58. The highest BCUT2D eigenvalue weighted by Gasteiger charge is 2.11. The second-order valence-electron chi connectivity index (χ2n) is 5.27. The maximum Gasteiger partial charge on any atom is 0.271 e. The van der Waals surface area contributed by atoms with Crippen LogP contribution in [0.15, 0.2) is 58.4 Å². The van der Waals surface area contributed by atoms with Crippen LogP contribution < -0.4 is 4.80 Å². The minimum absolute atomic E-state index is 0.0260. The molecule has 1 heterocycles. The summed E-state index contributed by atoms with van der Waals surface area (Å²) >= 11 is 2.96. The Bertz CT molecular complexity index is 993. The number of aryl methyl sites for hydroxylation is 1. The fraction of sp³-hybridized carbons (Fsp3) is 0.176. The van der Waals surface area contributed by atoms with Crippen molar-refractivity contribution < 1.29 is 9.72 Å². The summed E-state index contributed by atoms with van der Waals surface area (Å²) in [6.45, 7) is 0. The molecule has 0 saturated heterocycles. The number of benzene rings is 2. The van der Waals surface area contributed by atoms with E-state index in [9.17, 15) is 14.9 Å². The van der Waals surface area contributed by atoms with E-state index in [0.29, 0.717) is 22.5 Å². The van der Waals surface area contributed by atoms with Crippen LogP contribution >= 0.6 is 23.1 Å². The molecule has 0 N–H and O–H groups in total. The Morgan fingerprint density at radius 2 is 2.04 bits per heavy atom. The quantitative estimate of drug-likeness (QED) is 0.388. The maximum atomic E-state index is 12.1. The highest BCUT2D eigenvalue weighted by atomic mass is 32.2. The normalized spacial score (nSPS) is 11.8. The largest absolute Gasteiger partial charge is 0.319 e. The van der Waals surface area contributed by atoms with Gasteiger partial charge in [-0.25, -0.2) is 0 Å². The number of nitrogens with zero attached hydrogens (tertiary/aromatic N) is 3. The average molecular weight is 373 g/mol. The molecule has 0 saturated carbocycles. The molecular formula is C17H15N3O3S2. The molecule has 0 fully saturated rings. The Morgan fingerprint density at radius 1 is 1.28 bits per heavy atom. The second kappa shape index (κ2) is 7.62. The van der Waals surface area contributed by atoms with Crippen molar-refractivity contribution in [2.75, 3.05) is 5.75 Å². The van der Waals surface area contributed by atoms with E-state index >= 15 is 0 Å². The van der Waals surface area contributed by atoms with E-state index in [2.05, 4.69) is 4.99 Å². The average Bonchev–Trinajstić information content (AvgIpc) is 2.91. The van der Waals surface area contributed by atoms with Gasteiger partial charge in [0.25, 0.3) is 5.69 Å². The number of nitro groups is 1. The van der Waals surface area contributed by atoms with Gasteiger partial charge in [0.1, 0.15) is 0 Å². The Labute approximate surface area is 152 Å². The third kappa shape index (κ3) is 4.15. The zero-order chi connectivity index (χ0) is 17.8. The molecule has 6 nitrogen and oxygen atoms in total. The van der Waals surface area contributed by atoms with E-state index in [1.165, 1.54) is 23.5 Å². The Hall–Kier alpha value is -2.45. The molecule has 1 aromatic heterocycles. The molecule has 0 spiro atoms. The van der Waals surface area contributed by atoms with Crippen LogP contribution in [0.1, 0.15) is 6.42 Å². The van der Waals surface area contributed by atoms with Crippen LogP contribution in [-0.2, 0) is 11.8 Å². The van der Waals surface area contributed by atoms with Crippen LogP contribution in [0.3, 0.4) is 0 Å². The number of thiazole rings is 1. The van der Waals surface area contributed by atoms with E-state index in [-0.39, 0.29) is 11.6 Å². The van der Waals surface area contributed by atoms with Crippen LogP contribution in [0.25, 0.3) is 10.2 Å². The standard InChI is InChI=1S/C17H15N3O3S2/c1-19-14-11-12(20(22)23)7-8-15(14)25-17(19)18-16(21)9-10-24-13-5-3-2-4-6-13/h2-8,11H,9-10H2,1H3. The number of nitro benzene ring substituents is 1. The Kier molecular flexibility index (Phi) is 5.30. The van der Waals surface area contributed by atoms with Crippen LogP contribution in [-0.4, -0.2) is 21.2 Å². The van der Waals surface area contributed by atoms with E-state index < -0.39 is 4.92 Å². The summed E-state index contributed by atoms with van der Waals surface area (Å²) in [5.74, 6) is 0.465. The lowest BCUT2D eigenvalue weighted by atomic mass is 10.3. The molecule has 2 aromatic carbocycles. The van der Waals surface area contributed by atoms with Crippen molar-refractivity contribution in [3.63, 3.8) is 0 Å². The molecule has 0 atom stereocenters. The van der Waals surface area contributed by atoms with Gasteiger partial charge in [-0.15, -0.1) is 11.8 Å². The number of carbonyl (C=O) groups excluding carboxylic acids is 1. The number of non-ortho nitro benzene ring substituents is 1. The first-order valence-electron chi connectivity index (χ1n) is 7.54. The van der Waals surface area contributed by atoms with Gasteiger partial charge in [0.05, 0.1) is 15.1 Å². The van der Waals surface area contributed by atoms with Gasteiger partial charge >= 0.3 is 0 Å². The third-order valence-corrected chi connectivity index (χ3v) is 5.68. The fourth-order valence-corrected chi connectivity index (χ4v) is 4.15. The molecule has 3 aromatic rings. The van der Waals surface area contributed by atoms with Crippen molar-refractivity contribution in [3.8, 4) is 0 Å². The fourth-order valence-electron chi connectivity index (χ4n) is 2.27. The van der Waals surface area contributed by atoms with Crippen molar-refractivity contribution in [1.29, 1.82) is 0 Å². The summed E-state index contributed by atoms with van der Waals surface area (Å²) in [7, 11) is 1.76. The minimum atomic E-state index is -0.431. The maximum absolute atomic E-state index is 12.1. The van der Waals surface area contributed by atoms with Crippen molar-refractivity contribution in [2.45, 2.75) is 11.3 Å². The van der Waals surface area contributed by atoms with Gasteiger partial charge in [0, 0.05) is 36.2 Å². The number of amides is 1. The van der Waals surface area contributed by atoms with Crippen LogP contribution in [0, 0.1) is 10.1 Å². The number of carbonyl (C=O) groups is 1. The van der Waals surface area contributed by atoms with Gasteiger partial charge in [0.15, 0.2) is 4.80 Å². The lowest BCUT2D eigenvalue weighted by molar-refractivity contribution is -0.384. The van der Waals surface area contributed by atoms with Gasteiger partial charge < -0.3 is 4.57 Å². The zero-order valence-corrected chi connectivity index (χ0v) is 15.0. The summed E-state index contributed by atoms with van der Waals surface area (Å²) in [6.07, 6.45) is 0.341. The summed E-state index contributed by atoms with van der Waals surface area (Å²) in [5, 5.41) is 10.9. The predicted octanol–water partition coefficient (Wildman–Crippen LogP) is 3.76. The lowest BCUT2D eigenvalue weighted by Gasteiger charge is -1.99. The molecule has 0 radical (unpaired) electrons. The SMILES string of the molecule is Cn1c(=NC(=O)CCSc2ccccc2)sc2ccc([N+](=O)[O-])cc21. The van der Waals surface area contributed by atoms with E-state index in [0.717, 1.165) is 9.60 Å². The first kappa shape index (κ1) is 17.4. The van der Waals surface area contributed by atoms with Crippen molar-refractivity contribution in [1.82, 2.24) is 4.57 Å². The number of hydrogen-bond donors (Lipinski definition) is 0. The Morgan fingerprint density at radius 3 is 2.76 bits per heavy atom. The first-order chi connectivity index (χ1) is 12.0. The van der Waals surface area contributed by atoms with Crippen molar-refractivity contribution in [3.05, 3.63) is 63.4 Å². The third-order valence-electron chi connectivity index (χ3n) is 3.55. The van der Waals surface area contributed by atoms with Crippen LogP contribution in [0.2, 0.25) is 0 Å². The molecule has 8 heteroatoms. The summed E-state index contributed by atoms with van der Waals surface area (Å²) in [6, 6.07) is 14.5. The molecular weight excluding hydrogens is 358 g/mol. The number of rotatable bonds is 5. The topological polar surface area (TPSA) is 77.5 Å². The molecule has 1 amide bonds. The zero-order valence-electron chi connectivity index (χ0n) is 13.4. The molecule has 25 heavy (non-hydrogen) atoms. The highest BCUT2D eigenvalue weighted by Crippen LogP contribution is 2.22. The van der Waals surface area contributed by atoms with E-state index in [1.54, 1.807) is 29.4 Å². The van der Waals surface area contributed by atoms with Crippen LogP contribution in [0.5, 0.6) is 0 Å². The van der Waals surface area contributed by atoms with Crippen molar-refractivity contribution >= 4 is 44.9 Å². The monoisotopic (exact) mass is 373 g/mol. The molecule has 0 unspecified atom stereocenters. The summed E-state index contributed by atoms with van der Waals surface area (Å²) in [5.41, 5.74) is 0.724. The van der Waals surface area contributed by atoms with Gasteiger partial charge in [-0.3, -0.25) is 14.9 Å². The van der Waals surface area contributed by atoms with Gasteiger partial charge in [-0.2, -0.15) is 4.99 Å². The number of fused-ring (bicyclic) bond motifs is 1. The van der Waals surface area contributed by atoms with Gasteiger partial charge in [0.2, 0.25) is 5.91 Å². The molecule has 0 bridgehead atoms. The smallest absolute Gasteiger partial charge is 0.271 e. The number of thioether (sulfide) groups is 1. The number of hydrogen-bond acceptors (Lipinski definition) is 5. The number of aromatic nitrogens is 1. The van der Waals surface area contributed by atoms with Gasteiger partial charge in [-0.05, 0) is 18.2 Å². The molecule has 0 aliphatic carbocycles.